The minimum atomic E-state index is -0.590. The second-order valence-electron chi connectivity index (χ2n) is 6.66. The van der Waals surface area contributed by atoms with Crippen molar-refractivity contribution >= 4 is 38.9 Å². The Hall–Kier alpha value is -3.00. The maximum absolute atomic E-state index is 12.4. The Kier molecular flexibility index (Phi) is 5.21. The average Bonchev–Trinajstić information content (AvgIpc) is 3.15. The molecule has 2 aromatic carbocycles. The Morgan fingerprint density at radius 1 is 1.18 bits per heavy atom. The first-order valence-electron chi connectivity index (χ1n) is 9.17. The minimum absolute atomic E-state index is 0.0415. The van der Waals surface area contributed by atoms with E-state index < -0.39 is 10.9 Å². The number of para-hydroxylation sites is 1. The van der Waals surface area contributed by atoms with Gasteiger partial charge in [0.15, 0.2) is 0 Å². The van der Waals surface area contributed by atoms with E-state index in [2.05, 4.69) is 4.98 Å². The Morgan fingerprint density at radius 3 is 2.71 bits per heavy atom. The molecule has 4 rings (SSSR count). The van der Waals surface area contributed by atoms with Crippen molar-refractivity contribution in [3.63, 3.8) is 0 Å². The van der Waals surface area contributed by atoms with Crippen LogP contribution in [0.25, 0.3) is 10.2 Å². The van der Waals surface area contributed by atoms with Crippen molar-refractivity contribution in [2.45, 2.75) is 25.9 Å². The average molecular weight is 397 g/mol. The molecule has 28 heavy (non-hydrogen) atoms. The number of carbonyl (C=O) groups is 1. The van der Waals surface area contributed by atoms with Gasteiger partial charge < -0.3 is 9.64 Å². The lowest BCUT2D eigenvalue weighted by Crippen LogP contribution is -2.30. The largest absolute Gasteiger partial charge is 0.455 e. The smallest absolute Gasteiger partial charge is 0.338 e. The zero-order valence-electron chi connectivity index (χ0n) is 15.2. The van der Waals surface area contributed by atoms with Crippen molar-refractivity contribution in [3.05, 3.63) is 63.1 Å². The Labute approximate surface area is 165 Å². The van der Waals surface area contributed by atoms with Gasteiger partial charge in [0.2, 0.25) is 0 Å². The molecule has 3 aromatic rings. The zero-order valence-corrected chi connectivity index (χ0v) is 16.0. The summed E-state index contributed by atoms with van der Waals surface area (Å²) in [6, 6.07) is 12.3. The third-order valence-corrected chi connectivity index (χ3v) is 5.78. The molecule has 144 valence electrons. The molecule has 1 aliphatic rings. The molecule has 0 N–H and O–H groups in total. The quantitative estimate of drug-likeness (QED) is 0.357. The van der Waals surface area contributed by atoms with E-state index >= 15 is 0 Å². The van der Waals surface area contributed by atoms with Crippen molar-refractivity contribution in [3.8, 4) is 0 Å². The Bertz CT molecular complexity index is 994. The maximum Gasteiger partial charge on any atom is 0.338 e. The number of aromatic nitrogens is 1. The van der Waals surface area contributed by atoms with E-state index in [4.69, 9.17) is 4.74 Å². The molecule has 1 aromatic heterocycles. The monoisotopic (exact) mass is 397 g/mol. The van der Waals surface area contributed by atoms with Gasteiger partial charge in [-0.3, -0.25) is 10.1 Å². The zero-order chi connectivity index (χ0) is 19.5. The fourth-order valence-corrected chi connectivity index (χ4v) is 4.27. The van der Waals surface area contributed by atoms with Crippen LogP contribution >= 0.6 is 11.3 Å². The number of rotatable bonds is 5. The highest BCUT2D eigenvalue weighted by Gasteiger charge is 2.23. The van der Waals surface area contributed by atoms with E-state index in [0.717, 1.165) is 42.6 Å². The van der Waals surface area contributed by atoms with Crippen LogP contribution in [-0.4, -0.2) is 29.0 Å². The van der Waals surface area contributed by atoms with Crippen LogP contribution in [0.1, 0.15) is 34.6 Å². The van der Waals surface area contributed by atoms with Crippen molar-refractivity contribution < 1.29 is 14.5 Å². The van der Waals surface area contributed by atoms with E-state index in [1.54, 1.807) is 12.1 Å². The SMILES string of the molecule is O=C(OCc1nc2ccccc2s1)c1ccc(N2CCCCC2)c([N+](=O)[O-])c1. The van der Waals surface area contributed by atoms with Crippen LogP contribution in [0, 0.1) is 10.1 Å². The summed E-state index contributed by atoms with van der Waals surface area (Å²) in [4.78, 5) is 30.0. The minimum Gasteiger partial charge on any atom is -0.455 e. The molecule has 0 saturated carbocycles. The number of benzene rings is 2. The van der Waals surface area contributed by atoms with Crippen LogP contribution < -0.4 is 4.90 Å². The molecule has 8 heteroatoms. The fraction of sp³-hybridized carbons (Fsp3) is 0.300. The number of hydrogen-bond acceptors (Lipinski definition) is 7. The molecule has 0 aliphatic carbocycles. The van der Waals surface area contributed by atoms with Crippen molar-refractivity contribution in [1.82, 2.24) is 4.98 Å². The molecule has 0 amide bonds. The summed E-state index contributed by atoms with van der Waals surface area (Å²) in [5.41, 5.74) is 1.54. The third-order valence-electron chi connectivity index (χ3n) is 4.77. The number of anilines is 1. The second kappa shape index (κ2) is 7.93. The molecule has 1 aliphatic heterocycles. The first-order valence-corrected chi connectivity index (χ1v) is 9.98. The number of ether oxygens (including phenoxy) is 1. The summed E-state index contributed by atoms with van der Waals surface area (Å²) >= 11 is 1.46. The highest BCUT2D eigenvalue weighted by atomic mass is 32.1. The molecule has 1 fully saturated rings. The molecular formula is C20H19N3O4S. The predicted molar refractivity (Wildman–Crippen MR) is 108 cm³/mol. The number of hydrogen-bond donors (Lipinski definition) is 0. The molecule has 0 bridgehead atoms. The molecule has 0 spiro atoms. The van der Waals surface area contributed by atoms with E-state index in [9.17, 15) is 14.9 Å². The van der Waals surface area contributed by atoms with Crippen molar-refractivity contribution in [1.29, 1.82) is 0 Å². The van der Waals surface area contributed by atoms with Crippen LogP contribution in [0.5, 0.6) is 0 Å². The second-order valence-corrected chi connectivity index (χ2v) is 7.77. The summed E-state index contributed by atoms with van der Waals surface area (Å²) in [5, 5.41) is 12.2. The third kappa shape index (κ3) is 3.82. The topological polar surface area (TPSA) is 85.6 Å². The highest BCUT2D eigenvalue weighted by Crippen LogP contribution is 2.31. The summed E-state index contributed by atoms with van der Waals surface area (Å²) in [7, 11) is 0. The number of nitro benzene ring substituents is 1. The van der Waals surface area contributed by atoms with Gasteiger partial charge in [-0.05, 0) is 43.5 Å². The summed E-state index contributed by atoms with van der Waals surface area (Å²) in [6.07, 6.45) is 3.17. The van der Waals surface area contributed by atoms with Gasteiger partial charge in [0.1, 0.15) is 17.3 Å². The Morgan fingerprint density at radius 2 is 1.96 bits per heavy atom. The molecule has 7 nitrogen and oxygen atoms in total. The van der Waals surface area contributed by atoms with Crippen molar-refractivity contribution in [2.24, 2.45) is 0 Å². The lowest BCUT2D eigenvalue weighted by atomic mass is 10.1. The van der Waals surface area contributed by atoms with Crippen LogP contribution in [0.2, 0.25) is 0 Å². The molecule has 0 unspecified atom stereocenters. The number of piperidine rings is 1. The van der Waals surface area contributed by atoms with Gasteiger partial charge in [-0.25, -0.2) is 9.78 Å². The van der Waals surface area contributed by atoms with E-state index in [0.29, 0.717) is 10.7 Å². The Balaban J connectivity index is 1.50. The molecule has 2 heterocycles. The van der Waals surface area contributed by atoms with Gasteiger partial charge in [0, 0.05) is 19.2 Å². The number of fused-ring (bicyclic) bond motifs is 1. The number of esters is 1. The van der Waals surface area contributed by atoms with Crippen LogP contribution in [-0.2, 0) is 11.3 Å². The first-order chi connectivity index (χ1) is 13.6. The summed E-state index contributed by atoms with van der Waals surface area (Å²) in [5.74, 6) is -0.590. The normalized spacial score (nSPS) is 14.2. The van der Waals surface area contributed by atoms with Gasteiger partial charge in [0.25, 0.3) is 5.69 Å². The van der Waals surface area contributed by atoms with Crippen LogP contribution in [0.4, 0.5) is 11.4 Å². The lowest BCUT2D eigenvalue weighted by molar-refractivity contribution is -0.384. The van der Waals surface area contributed by atoms with Crippen LogP contribution in [0.3, 0.4) is 0 Å². The highest BCUT2D eigenvalue weighted by molar-refractivity contribution is 7.18. The summed E-state index contributed by atoms with van der Waals surface area (Å²) < 4.78 is 6.36. The number of nitrogens with zero attached hydrogens (tertiary/aromatic N) is 3. The number of nitro groups is 1. The fourth-order valence-electron chi connectivity index (χ4n) is 3.39. The van der Waals surface area contributed by atoms with E-state index in [1.165, 1.54) is 17.4 Å². The number of thiazole rings is 1. The van der Waals surface area contributed by atoms with Crippen molar-refractivity contribution in [2.75, 3.05) is 18.0 Å². The molecule has 0 atom stereocenters. The van der Waals surface area contributed by atoms with Gasteiger partial charge >= 0.3 is 5.97 Å². The molecule has 0 radical (unpaired) electrons. The molecular weight excluding hydrogens is 378 g/mol. The van der Waals surface area contributed by atoms with Gasteiger partial charge in [-0.2, -0.15) is 0 Å². The van der Waals surface area contributed by atoms with Crippen LogP contribution in [0.15, 0.2) is 42.5 Å². The molecule has 1 saturated heterocycles. The standard InChI is InChI=1S/C20H19N3O4S/c24-20(27-13-19-21-15-6-2-3-7-18(15)28-19)14-8-9-16(17(12-14)23(25)26)22-10-4-1-5-11-22/h2-3,6-9,12H,1,4-5,10-11,13H2. The maximum atomic E-state index is 12.4. The van der Waals surface area contributed by atoms with Gasteiger partial charge in [-0.15, -0.1) is 11.3 Å². The predicted octanol–water partition coefficient (Wildman–Crippen LogP) is 4.55. The lowest BCUT2D eigenvalue weighted by Gasteiger charge is -2.28. The van der Waals surface area contributed by atoms with Gasteiger partial charge in [0.05, 0.1) is 20.7 Å². The number of carbonyl (C=O) groups excluding carboxylic acids is 1. The summed E-state index contributed by atoms with van der Waals surface area (Å²) in [6.45, 7) is 1.63. The van der Waals surface area contributed by atoms with Gasteiger partial charge in [-0.1, -0.05) is 12.1 Å². The first kappa shape index (κ1) is 18.4. The van der Waals surface area contributed by atoms with E-state index in [-0.39, 0.29) is 17.9 Å². The van der Waals surface area contributed by atoms with E-state index in [1.807, 2.05) is 29.2 Å².